The first kappa shape index (κ1) is 12.1. The molecule has 0 unspecified atom stereocenters. The molecule has 0 aromatic rings. The van der Waals surface area contributed by atoms with E-state index in [1.807, 2.05) is 6.92 Å². The average molecular weight is 188 g/mol. The van der Waals surface area contributed by atoms with Crippen molar-refractivity contribution in [2.75, 3.05) is 19.8 Å². The molecule has 4 heteroatoms. The van der Waals surface area contributed by atoms with Crippen molar-refractivity contribution in [1.82, 2.24) is 0 Å². The summed E-state index contributed by atoms with van der Waals surface area (Å²) in [6.45, 7) is 8.62. The van der Waals surface area contributed by atoms with Gasteiger partial charge >= 0.3 is 5.97 Å². The van der Waals surface area contributed by atoms with Crippen LogP contribution in [0.2, 0.25) is 0 Å². The van der Waals surface area contributed by atoms with Crippen molar-refractivity contribution in [2.24, 2.45) is 0 Å². The molecule has 0 saturated carbocycles. The van der Waals surface area contributed by atoms with Gasteiger partial charge in [0.15, 0.2) is 0 Å². The highest BCUT2D eigenvalue weighted by Crippen LogP contribution is 2.01. The van der Waals surface area contributed by atoms with Crippen LogP contribution in [0.5, 0.6) is 0 Å². The van der Waals surface area contributed by atoms with Gasteiger partial charge in [-0.2, -0.15) is 4.89 Å². The largest absolute Gasteiger partial charge is 0.381 e. The summed E-state index contributed by atoms with van der Waals surface area (Å²) in [5, 5.41) is 0. The smallest absolute Gasteiger partial charge is 0.368 e. The number of carbonyl (C=O) groups is 1. The summed E-state index contributed by atoms with van der Waals surface area (Å²) < 4.78 is 5.05. The topological polar surface area (TPSA) is 44.8 Å². The fraction of sp³-hybridized carbons (Fsp3) is 0.667. The van der Waals surface area contributed by atoms with Crippen LogP contribution in [0.4, 0.5) is 0 Å². The molecule has 0 radical (unpaired) electrons. The third-order valence-corrected chi connectivity index (χ3v) is 1.29. The van der Waals surface area contributed by atoms with Gasteiger partial charge in [-0.1, -0.05) is 6.58 Å². The molecule has 0 bridgehead atoms. The van der Waals surface area contributed by atoms with Gasteiger partial charge < -0.3 is 4.74 Å². The molecule has 0 aromatic heterocycles. The van der Waals surface area contributed by atoms with Crippen LogP contribution in [0.1, 0.15) is 20.3 Å². The zero-order valence-electron chi connectivity index (χ0n) is 8.17. The standard InChI is InChI=1S/C9H16O4/c1-4-11-7-6-8(3)9(10)13-12-5-2/h3-7H2,1-2H3. The zero-order chi connectivity index (χ0) is 10.1. The van der Waals surface area contributed by atoms with E-state index in [-0.39, 0.29) is 0 Å². The minimum atomic E-state index is -0.526. The molecule has 0 rings (SSSR count). The Balaban J connectivity index is 3.51. The van der Waals surface area contributed by atoms with Crippen molar-refractivity contribution in [2.45, 2.75) is 20.3 Å². The lowest BCUT2D eigenvalue weighted by molar-refractivity contribution is -0.265. The van der Waals surface area contributed by atoms with Crippen molar-refractivity contribution in [1.29, 1.82) is 0 Å². The zero-order valence-corrected chi connectivity index (χ0v) is 8.17. The number of carbonyl (C=O) groups excluding carboxylic acids is 1. The van der Waals surface area contributed by atoms with Crippen molar-refractivity contribution in [3.63, 3.8) is 0 Å². The van der Waals surface area contributed by atoms with Crippen LogP contribution in [0.3, 0.4) is 0 Å². The predicted molar refractivity (Wildman–Crippen MR) is 48.0 cm³/mol. The van der Waals surface area contributed by atoms with E-state index >= 15 is 0 Å². The molecule has 0 heterocycles. The SMILES string of the molecule is C=C(CCOCC)C(=O)OOCC. The molecule has 0 aliphatic heterocycles. The van der Waals surface area contributed by atoms with E-state index < -0.39 is 5.97 Å². The van der Waals surface area contributed by atoms with Gasteiger partial charge in [0.05, 0.1) is 13.2 Å². The first-order valence-electron chi connectivity index (χ1n) is 4.31. The summed E-state index contributed by atoms with van der Waals surface area (Å²) in [4.78, 5) is 19.9. The Kier molecular flexibility index (Phi) is 7.24. The quantitative estimate of drug-likeness (QED) is 0.262. The molecule has 0 amide bonds. The number of rotatable bonds is 7. The third-order valence-electron chi connectivity index (χ3n) is 1.29. The summed E-state index contributed by atoms with van der Waals surface area (Å²) in [5.74, 6) is -0.526. The van der Waals surface area contributed by atoms with Gasteiger partial charge in [0, 0.05) is 18.6 Å². The third kappa shape index (κ3) is 6.31. The summed E-state index contributed by atoms with van der Waals surface area (Å²) in [6, 6.07) is 0. The Hall–Kier alpha value is -0.870. The Morgan fingerprint density at radius 3 is 2.54 bits per heavy atom. The van der Waals surface area contributed by atoms with Crippen LogP contribution in [0.15, 0.2) is 12.2 Å². The van der Waals surface area contributed by atoms with Crippen LogP contribution in [-0.4, -0.2) is 25.8 Å². The maximum atomic E-state index is 11.0. The molecule has 0 saturated heterocycles. The van der Waals surface area contributed by atoms with E-state index in [1.165, 1.54) is 0 Å². The summed E-state index contributed by atoms with van der Waals surface area (Å²) in [7, 11) is 0. The molecule has 0 N–H and O–H groups in total. The Morgan fingerprint density at radius 1 is 1.31 bits per heavy atom. The maximum Gasteiger partial charge on any atom is 0.368 e. The van der Waals surface area contributed by atoms with E-state index in [0.717, 1.165) is 0 Å². The van der Waals surface area contributed by atoms with Crippen LogP contribution in [-0.2, 0) is 19.3 Å². The van der Waals surface area contributed by atoms with Crippen LogP contribution < -0.4 is 0 Å². The van der Waals surface area contributed by atoms with Crippen molar-refractivity contribution in [3.8, 4) is 0 Å². The Labute approximate surface area is 78.4 Å². The van der Waals surface area contributed by atoms with E-state index in [1.54, 1.807) is 6.92 Å². The lowest BCUT2D eigenvalue weighted by Gasteiger charge is -2.04. The van der Waals surface area contributed by atoms with E-state index in [9.17, 15) is 4.79 Å². The molecule has 0 atom stereocenters. The normalized spacial score (nSPS) is 9.69. The second-order valence-corrected chi connectivity index (χ2v) is 2.33. The second kappa shape index (κ2) is 7.76. The lowest BCUT2D eigenvalue weighted by Crippen LogP contribution is -2.09. The summed E-state index contributed by atoms with van der Waals surface area (Å²) in [5.41, 5.74) is 0.363. The predicted octanol–water partition coefficient (Wildman–Crippen LogP) is 1.46. The van der Waals surface area contributed by atoms with E-state index in [2.05, 4.69) is 16.4 Å². The molecular formula is C9H16O4. The Morgan fingerprint density at radius 2 is 2.00 bits per heavy atom. The van der Waals surface area contributed by atoms with Crippen LogP contribution in [0.25, 0.3) is 0 Å². The van der Waals surface area contributed by atoms with Gasteiger partial charge in [-0.25, -0.2) is 4.79 Å². The summed E-state index contributed by atoms with van der Waals surface area (Å²) in [6.07, 6.45) is 0.472. The number of hydrogen-bond acceptors (Lipinski definition) is 4. The first-order valence-corrected chi connectivity index (χ1v) is 4.31. The summed E-state index contributed by atoms with van der Waals surface area (Å²) >= 11 is 0. The molecular weight excluding hydrogens is 172 g/mol. The van der Waals surface area contributed by atoms with Gasteiger partial charge in [-0.05, 0) is 13.8 Å². The van der Waals surface area contributed by atoms with Crippen LogP contribution >= 0.6 is 0 Å². The molecule has 0 fully saturated rings. The molecule has 0 aromatic carbocycles. The maximum absolute atomic E-state index is 11.0. The first-order chi connectivity index (χ1) is 6.22. The van der Waals surface area contributed by atoms with Gasteiger partial charge in [-0.15, -0.1) is 0 Å². The Bertz CT molecular complexity index is 165. The van der Waals surface area contributed by atoms with Gasteiger partial charge in [0.25, 0.3) is 0 Å². The average Bonchev–Trinajstić information content (AvgIpc) is 2.14. The van der Waals surface area contributed by atoms with Gasteiger partial charge in [0.1, 0.15) is 0 Å². The fourth-order valence-electron chi connectivity index (χ4n) is 0.613. The molecule has 0 aliphatic rings. The van der Waals surface area contributed by atoms with Gasteiger partial charge in [-0.3, -0.25) is 4.89 Å². The van der Waals surface area contributed by atoms with E-state index in [0.29, 0.717) is 31.8 Å². The van der Waals surface area contributed by atoms with Crippen molar-refractivity contribution < 1.29 is 19.3 Å². The van der Waals surface area contributed by atoms with Gasteiger partial charge in [0.2, 0.25) is 0 Å². The highest BCUT2D eigenvalue weighted by atomic mass is 17.2. The number of hydrogen-bond donors (Lipinski definition) is 0. The minimum absolute atomic E-state index is 0.338. The minimum Gasteiger partial charge on any atom is -0.381 e. The van der Waals surface area contributed by atoms with Crippen molar-refractivity contribution >= 4 is 5.97 Å². The van der Waals surface area contributed by atoms with Crippen LogP contribution in [0, 0.1) is 0 Å². The molecule has 13 heavy (non-hydrogen) atoms. The number of ether oxygens (including phenoxy) is 1. The van der Waals surface area contributed by atoms with E-state index in [4.69, 9.17) is 4.74 Å². The molecule has 0 spiro atoms. The van der Waals surface area contributed by atoms with Crippen molar-refractivity contribution in [3.05, 3.63) is 12.2 Å². The second-order valence-electron chi connectivity index (χ2n) is 2.33. The molecule has 76 valence electrons. The molecule has 0 aliphatic carbocycles. The fourth-order valence-corrected chi connectivity index (χ4v) is 0.613. The highest BCUT2D eigenvalue weighted by molar-refractivity contribution is 5.87. The molecule has 4 nitrogen and oxygen atoms in total. The monoisotopic (exact) mass is 188 g/mol. The highest BCUT2D eigenvalue weighted by Gasteiger charge is 2.08. The lowest BCUT2D eigenvalue weighted by atomic mass is 10.2.